The predicted molar refractivity (Wildman–Crippen MR) is 109 cm³/mol. The zero-order valence-corrected chi connectivity index (χ0v) is 16.2. The van der Waals surface area contributed by atoms with Gasteiger partial charge in [0.15, 0.2) is 0 Å². The van der Waals surface area contributed by atoms with Crippen molar-refractivity contribution in [2.75, 3.05) is 0 Å². The topological polar surface area (TPSA) is 68.2 Å². The van der Waals surface area contributed by atoms with Gasteiger partial charge in [-0.1, -0.05) is 43.7 Å². The van der Waals surface area contributed by atoms with E-state index >= 15 is 0 Å². The van der Waals surface area contributed by atoms with Crippen molar-refractivity contribution in [2.45, 2.75) is 39.7 Å². The van der Waals surface area contributed by atoms with Gasteiger partial charge in [0.1, 0.15) is 11.6 Å². The summed E-state index contributed by atoms with van der Waals surface area (Å²) >= 11 is 0. The second-order valence-corrected chi connectivity index (χ2v) is 6.94. The van der Waals surface area contributed by atoms with Crippen LogP contribution in [0.25, 0.3) is 11.1 Å². The Morgan fingerprint density at radius 2 is 1.89 bits per heavy atom. The Morgan fingerprint density at radius 3 is 2.54 bits per heavy atom. The van der Waals surface area contributed by atoms with E-state index in [4.69, 9.17) is 5.73 Å². The van der Waals surface area contributed by atoms with Crippen molar-refractivity contribution in [1.82, 2.24) is 4.57 Å². The van der Waals surface area contributed by atoms with Crippen LogP contribution in [-0.4, -0.2) is 15.6 Å². The number of hydrogen-bond acceptors (Lipinski definition) is 2. The summed E-state index contributed by atoms with van der Waals surface area (Å²) in [4.78, 5) is 12.3. The third kappa shape index (κ3) is 3.79. The van der Waals surface area contributed by atoms with Gasteiger partial charge in [-0.05, 0) is 49.1 Å². The summed E-state index contributed by atoms with van der Waals surface area (Å²) in [5, 5.41) is 9.92. The summed E-state index contributed by atoms with van der Waals surface area (Å²) < 4.78 is 16.1. The van der Waals surface area contributed by atoms with Crippen molar-refractivity contribution in [2.24, 2.45) is 5.73 Å². The maximum atomic E-state index is 14.1. The van der Waals surface area contributed by atoms with E-state index in [2.05, 4.69) is 11.5 Å². The Hall–Kier alpha value is -3.08. The molecule has 0 fully saturated rings. The van der Waals surface area contributed by atoms with E-state index in [0.29, 0.717) is 24.1 Å². The van der Waals surface area contributed by atoms with Crippen LogP contribution in [0.2, 0.25) is 0 Å². The number of carbonyl (C=O) groups excluding carboxylic acids is 1. The lowest BCUT2D eigenvalue weighted by Crippen LogP contribution is -2.14. The van der Waals surface area contributed by atoms with Gasteiger partial charge in [0.05, 0.1) is 5.56 Å². The first-order valence-corrected chi connectivity index (χ1v) is 9.48. The minimum Gasteiger partial charge on any atom is -0.508 e. The fourth-order valence-corrected chi connectivity index (χ4v) is 3.80. The van der Waals surface area contributed by atoms with E-state index in [-0.39, 0.29) is 11.6 Å². The van der Waals surface area contributed by atoms with Gasteiger partial charge < -0.3 is 15.4 Å². The highest BCUT2D eigenvalue weighted by Crippen LogP contribution is 2.35. The van der Waals surface area contributed by atoms with Crippen molar-refractivity contribution < 1.29 is 14.3 Å². The molecule has 3 N–H and O–H groups in total. The molecule has 1 amide bonds. The molecule has 5 heteroatoms. The Balaban J connectivity index is 2.13. The monoisotopic (exact) mass is 380 g/mol. The molecule has 0 atom stereocenters. The second kappa shape index (κ2) is 8.30. The highest BCUT2D eigenvalue weighted by atomic mass is 19.1. The molecule has 28 heavy (non-hydrogen) atoms. The molecule has 3 aromatic rings. The van der Waals surface area contributed by atoms with Gasteiger partial charge in [-0.2, -0.15) is 0 Å². The summed E-state index contributed by atoms with van der Waals surface area (Å²) in [6.07, 6.45) is 2.14. The molecule has 1 aromatic heterocycles. The molecule has 2 aromatic carbocycles. The molecule has 3 rings (SSSR count). The van der Waals surface area contributed by atoms with Crippen molar-refractivity contribution >= 4 is 5.91 Å². The number of aromatic hydroxyl groups is 1. The highest BCUT2D eigenvalue weighted by Gasteiger charge is 2.24. The summed E-state index contributed by atoms with van der Waals surface area (Å²) in [7, 11) is 0. The first-order chi connectivity index (χ1) is 13.4. The minimum absolute atomic E-state index is 0.132. The first-order valence-electron chi connectivity index (χ1n) is 9.48. The highest BCUT2D eigenvalue weighted by molar-refractivity contribution is 6.02. The van der Waals surface area contributed by atoms with Gasteiger partial charge in [-0.25, -0.2) is 4.39 Å². The SMILES string of the molecule is CCCc1c(-c2cccc(O)c2)c(C(N)=O)c(C)n1CCc1ccccc1F. The van der Waals surface area contributed by atoms with Crippen molar-refractivity contribution in [1.29, 1.82) is 0 Å². The van der Waals surface area contributed by atoms with E-state index in [1.807, 2.05) is 19.1 Å². The molecule has 0 bridgehead atoms. The fourth-order valence-electron chi connectivity index (χ4n) is 3.80. The molecule has 0 saturated carbocycles. The van der Waals surface area contributed by atoms with Crippen molar-refractivity contribution in [3.63, 3.8) is 0 Å². The van der Waals surface area contributed by atoms with Crippen LogP contribution >= 0.6 is 0 Å². The van der Waals surface area contributed by atoms with E-state index in [9.17, 15) is 14.3 Å². The molecule has 0 radical (unpaired) electrons. The lowest BCUT2D eigenvalue weighted by molar-refractivity contribution is 0.1000. The maximum Gasteiger partial charge on any atom is 0.251 e. The van der Waals surface area contributed by atoms with Gasteiger partial charge in [0, 0.05) is 23.5 Å². The number of benzene rings is 2. The average molecular weight is 380 g/mol. The molecule has 0 aliphatic carbocycles. The summed E-state index contributed by atoms with van der Waals surface area (Å²) in [5.74, 6) is -0.599. The first kappa shape index (κ1) is 19.7. The largest absolute Gasteiger partial charge is 0.508 e. The standard InChI is InChI=1S/C23H25FN2O2/c1-3-7-20-22(17-9-6-10-18(27)14-17)21(23(25)28)15(2)26(20)13-12-16-8-4-5-11-19(16)24/h4-6,8-11,14,27H,3,7,12-13H2,1-2H3,(H2,25,28). The number of phenolic OH excluding ortho intramolecular Hbond substituents is 1. The molecule has 0 unspecified atom stereocenters. The fraction of sp³-hybridized carbons (Fsp3) is 0.261. The number of nitrogens with zero attached hydrogens (tertiary/aromatic N) is 1. The Bertz CT molecular complexity index is 1010. The average Bonchev–Trinajstić information content (AvgIpc) is 2.93. The summed E-state index contributed by atoms with van der Waals surface area (Å²) in [5.41, 5.74) is 10.1. The van der Waals surface area contributed by atoms with Crippen LogP contribution in [0, 0.1) is 12.7 Å². The number of aryl methyl sites for hydroxylation is 1. The number of halogens is 1. The molecule has 0 saturated heterocycles. The Morgan fingerprint density at radius 1 is 1.14 bits per heavy atom. The smallest absolute Gasteiger partial charge is 0.251 e. The van der Waals surface area contributed by atoms with Gasteiger partial charge >= 0.3 is 0 Å². The van der Waals surface area contributed by atoms with E-state index < -0.39 is 5.91 Å². The minimum atomic E-state index is -0.502. The van der Waals surface area contributed by atoms with Crippen LogP contribution in [0.4, 0.5) is 4.39 Å². The third-order valence-electron chi connectivity index (χ3n) is 5.06. The molecule has 1 heterocycles. The summed E-state index contributed by atoms with van der Waals surface area (Å²) in [6.45, 7) is 4.48. The second-order valence-electron chi connectivity index (χ2n) is 6.94. The van der Waals surface area contributed by atoms with Crippen molar-refractivity contribution in [3.05, 3.63) is 76.9 Å². The van der Waals surface area contributed by atoms with Crippen LogP contribution in [0.1, 0.15) is 40.7 Å². The summed E-state index contributed by atoms with van der Waals surface area (Å²) in [6, 6.07) is 13.6. The third-order valence-corrected chi connectivity index (χ3v) is 5.06. The van der Waals surface area contributed by atoms with Crippen LogP contribution in [-0.2, 0) is 19.4 Å². The Kier molecular flexibility index (Phi) is 5.83. The molecular weight excluding hydrogens is 355 g/mol. The number of primary amides is 1. The van der Waals surface area contributed by atoms with Crippen molar-refractivity contribution in [3.8, 4) is 16.9 Å². The van der Waals surface area contributed by atoms with Crippen LogP contribution < -0.4 is 5.73 Å². The number of amides is 1. The van der Waals surface area contributed by atoms with E-state index in [1.54, 1.807) is 30.3 Å². The van der Waals surface area contributed by atoms with Gasteiger partial charge in [0.2, 0.25) is 0 Å². The normalized spacial score (nSPS) is 11.0. The number of phenols is 1. The maximum absolute atomic E-state index is 14.1. The number of aromatic nitrogens is 1. The molecule has 146 valence electrons. The zero-order chi connectivity index (χ0) is 20.3. The van der Waals surface area contributed by atoms with Gasteiger partial charge in [0.25, 0.3) is 5.91 Å². The number of hydrogen-bond donors (Lipinski definition) is 2. The molecule has 0 aliphatic rings. The van der Waals surface area contributed by atoms with Crippen LogP contribution in [0.5, 0.6) is 5.75 Å². The van der Waals surface area contributed by atoms with Crippen LogP contribution in [0.3, 0.4) is 0 Å². The number of nitrogens with two attached hydrogens (primary N) is 1. The number of carbonyl (C=O) groups is 1. The van der Waals surface area contributed by atoms with Gasteiger partial charge in [-0.3, -0.25) is 4.79 Å². The molecule has 4 nitrogen and oxygen atoms in total. The Labute approximate surface area is 164 Å². The van der Waals surface area contributed by atoms with E-state index in [0.717, 1.165) is 35.4 Å². The molecular formula is C23H25FN2O2. The zero-order valence-electron chi connectivity index (χ0n) is 16.2. The lowest BCUT2D eigenvalue weighted by atomic mass is 9.98. The molecule has 0 aliphatic heterocycles. The quantitative estimate of drug-likeness (QED) is 0.629. The van der Waals surface area contributed by atoms with Gasteiger partial charge in [-0.15, -0.1) is 0 Å². The predicted octanol–water partition coefficient (Wildman–Crippen LogP) is 4.60. The van der Waals surface area contributed by atoms with Crippen LogP contribution in [0.15, 0.2) is 48.5 Å². The number of rotatable bonds is 7. The lowest BCUT2D eigenvalue weighted by Gasteiger charge is -2.13. The molecule has 0 spiro atoms. The van der Waals surface area contributed by atoms with E-state index in [1.165, 1.54) is 6.07 Å².